The first-order chi connectivity index (χ1) is 17.9. The zero-order chi connectivity index (χ0) is 26.4. The smallest absolute Gasteiger partial charge is 0.238 e. The molecule has 3 aromatic carbocycles. The van der Waals surface area contributed by atoms with Crippen molar-refractivity contribution in [2.24, 2.45) is 4.99 Å². The van der Waals surface area contributed by atoms with Crippen LogP contribution in [0.3, 0.4) is 0 Å². The molecule has 1 fully saturated rings. The lowest BCUT2D eigenvalue weighted by Crippen LogP contribution is -2.44. The van der Waals surface area contributed by atoms with E-state index < -0.39 is 5.25 Å². The number of nitrogens with zero attached hydrogens (tertiary/aromatic N) is 2. The third-order valence-electron chi connectivity index (χ3n) is 5.63. The number of carbonyl (C=O) groups is 2. The second-order valence-electron chi connectivity index (χ2n) is 8.07. The first-order valence-electron chi connectivity index (χ1n) is 11.4. The topological polar surface area (TPSA) is 89.5 Å². The molecule has 1 saturated heterocycles. The summed E-state index contributed by atoms with van der Waals surface area (Å²) in [6, 6.07) is 20.0. The summed E-state index contributed by atoms with van der Waals surface area (Å²) in [5, 5.41) is 2.71. The molecule has 3 aromatic rings. The van der Waals surface area contributed by atoms with Crippen molar-refractivity contribution in [3.63, 3.8) is 0 Å². The number of hydrogen-bond acceptors (Lipinski definition) is 7. The minimum atomic E-state index is -0.630. The molecule has 192 valence electrons. The summed E-state index contributed by atoms with van der Waals surface area (Å²) in [5.74, 6) is 1.41. The van der Waals surface area contributed by atoms with E-state index in [9.17, 15) is 9.59 Å². The summed E-state index contributed by atoms with van der Waals surface area (Å²) < 4.78 is 16.9. The van der Waals surface area contributed by atoms with E-state index in [-0.39, 0.29) is 24.8 Å². The van der Waals surface area contributed by atoms with Crippen molar-refractivity contribution in [3.8, 4) is 17.2 Å². The van der Waals surface area contributed by atoms with Crippen molar-refractivity contribution in [1.82, 2.24) is 4.90 Å². The van der Waals surface area contributed by atoms with Crippen molar-refractivity contribution in [2.45, 2.75) is 18.2 Å². The third-order valence-corrected chi connectivity index (χ3v) is 7.35. The van der Waals surface area contributed by atoms with Crippen LogP contribution in [0.5, 0.6) is 17.2 Å². The summed E-state index contributed by atoms with van der Waals surface area (Å²) in [6.45, 7) is 0.266. The van der Waals surface area contributed by atoms with Gasteiger partial charge in [0.25, 0.3) is 0 Å². The molecular formula is C27H26BrN3O5S. The van der Waals surface area contributed by atoms with Gasteiger partial charge in [0.15, 0.2) is 16.7 Å². The van der Waals surface area contributed by atoms with E-state index in [2.05, 4.69) is 21.2 Å². The van der Waals surface area contributed by atoms with E-state index in [0.29, 0.717) is 33.8 Å². The minimum Gasteiger partial charge on any atom is -0.497 e. The number of thioether (sulfide) groups is 1. The number of carbonyl (C=O) groups excluding carboxylic acids is 2. The highest BCUT2D eigenvalue weighted by Gasteiger charge is 2.36. The molecule has 1 unspecified atom stereocenters. The second-order valence-corrected chi connectivity index (χ2v) is 10.2. The van der Waals surface area contributed by atoms with E-state index in [0.717, 1.165) is 10.0 Å². The molecule has 2 amide bonds. The van der Waals surface area contributed by atoms with Gasteiger partial charge >= 0.3 is 0 Å². The quantitative estimate of drug-likeness (QED) is 0.369. The molecule has 8 nitrogen and oxygen atoms in total. The number of aliphatic imine (C=N–C) groups is 1. The Hall–Kier alpha value is -3.50. The van der Waals surface area contributed by atoms with Gasteiger partial charge in [0.05, 0.1) is 33.6 Å². The van der Waals surface area contributed by atoms with Gasteiger partial charge in [-0.2, -0.15) is 0 Å². The lowest BCUT2D eigenvalue weighted by Gasteiger charge is -2.32. The Bertz CT molecular complexity index is 1300. The van der Waals surface area contributed by atoms with Gasteiger partial charge < -0.3 is 19.5 Å². The Labute approximate surface area is 228 Å². The largest absolute Gasteiger partial charge is 0.497 e. The van der Waals surface area contributed by atoms with Crippen LogP contribution in [-0.4, -0.2) is 48.5 Å². The molecule has 0 aromatic heterocycles. The Morgan fingerprint density at radius 2 is 1.70 bits per heavy atom. The monoisotopic (exact) mass is 583 g/mol. The molecule has 0 spiro atoms. The fraction of sp³-hybridized carbons (Fsp3) is 0.222. The summed E-state index contributed by atoms with van der Waals surface area (Å²) in [4.78, 5) is 32.8. The maximum absolute atomic E-state index is 13.4. The van der Waals surface area contributed by atoms with Gasteiger partial charge in [-0.3, -0.25) is 14.5 Å². The fourth-order valence-corrected chi connectivity index (χ4v) is 5.04. The van der Waals surface area contributed by atoms with Gasteiger partial charge in [-0.1, -0.05) is 33.8 Å². The van der Waals surface area contributed by atoms with Gasteiger partial charge in [0.2, 0.25) is 11.8 Å². The highest BCUT2D eigenvalue weighted by molar-refractivity contribution is 9.10. The number of rotatable bonds is 8. The predicted molar refractivity (Wildman–Crippen MR) is 149 cm³/mol. The van der Waals surface area contributed by atoms with Crippen LogP contribution >= 0.6 is 27.7 Å². The number of halogens is 1. The first-order valence-corrected chi connectivity index (χ1v) is 13.0. The van der Waals surface area contributed by atoms with Crippen molar-refractivity contribution in [2.75, 3.05) is 26.6 Å². The average Bonchev–Trinajstić information content (AvgIpc) is 2.92. The summed E-state index contributed by atoms with van der Waals surface area (Å²) in [6.07, 6.45) is 0.0436. The van der Waals surface area contributed by atoms with Crippen LogP contribution in [0.2, 0.25) is 0 Å². The van der Waals surface area contributed by atoms with E-state index in [4.69, 9.17) is 19.2 Å². The Morgan fingerprint density at radius 1 is 1.00 bits per heavy atom. The number of hydrogen-bond donors (Lipinski definition) is 1. The van der Waals surface area contributed by atoms with Crippen molar-refractivity contribution in [3.05, 3.63) is 76.8 Å². The Balaban J connectivity index is 1.61. The average molecular weight is 584 g/mol. The van der Waals surface area contributed by atoms with E-state index in [1.54, 1.807) is 68.7 Å². The van der Waals surface area contributed by atoms with Crippen molar-refractivity contribution < 1.29 is 23.8 Å². The van der Waals surface area contributed by atoms with E-state index in [1.165, 1.54) is 11.8 Å². The molecule has 4 rings (SSSR count). The summed E-state index contributed by atoms with van der Waals surface area (Å²) >= 11 is 4.65. The lowest BCUT2D eigenvalue weighted by atomic mass is 10.1. The number of amides is 2. The number of methoxy groups -OCH3 is 3. The van der Waals surface area contributed by atoms with Crippen LogP contribution in [0.1, 0.15) is 12.0 Å². The maximum Gasteiger partial charge on any atom is 0.238 e. The molecular weight excluding hydrogens is 558 g/mol. The number of amidine groups is 1. The highest BCUT2D eigenvalue weighted by Crippen LogP contribution is 2.33. The number of anilines is 1. The van der Waals surface area contributed by atoms with Crippen LogP contribution in [-0.2, 0) is 16.1 Å². The molecule has 0 radical (unpaired) electrons. The molecule has 10 heteroatoms. The van der Waals surface area contributed by atoms with Crippen LogP contribution < -0.4 is 19.5 Å². The summed E-state index contributed by atoms with van der Waals surface area (Å²) in [5.41, 5.74) is 2.14. The number of nitrogens with one attached hydrogen (secondary N) is 1. The molecule has 37 heavy (non-hydrogen) atoms. The zero-order valence-electron chi connectivity index (χ0n) is 20.6. The maximum atomic E-state index is 13.4. The van der Waals surface area contributed by atoms with Gasteiger partial charge in [-0.05, 0) is 66.2 Å². The molecule has 0 saturated carbocycles. The lowest BCUT2D eigenvalue weighted by molar-refractivity contribution is -0.129. The Kier molecular flexibility index (Phi) is 8.73. The normalized spacial score (nSPS) is 16.4. The molecule has 1 heterocycles. The minimum absolute atomic E-state index is 0.0436. The van der Waals surface area contributed by atoms with Crippen LogP contribution in [0.4, 0.5) is 11.4 Å². The Morgan fingerprint density at radius 3 is 2.35 bits per heavy atom. The van der Waals surface area contributed by atoms with Gasteiger partial charge in [0.1, 0.15) is 11.0 Å². The fourth-order valence-electron chi connectivity index (χ4n) is 3.68. The van der Waals surface area contributed by atoms with Crippen LogP contribution in [0.25, 0.3) is 0 Å². The molecule has 1 aliphatic rings. The van der Waals surface area contributed by atoms with Gasteiger partial charge in [0, 0.05) is 16.6 Å². The van der Waals surface area contributed by atoms with Crippen LogP contribution in [0.15, 0.2) is 76.2 Å². The molecule has 0 aliphatic carbocycles. The van der Waals surface area contributed by atoms with Crippen molar-refractivity contribution >= 4 is 56.0 Å². The third kappa shape index (κ3) is 6.64. The standard InChI is InChI=1S/C27H26BrN3O5S/c1-34-21-11-9-20(10-12-21)30-27-31(16-17-4-13-22(35-2)23(14-17)36-3)25(32)15-24(37-27)26(33)29-19-7-5-18(28)6-8-19/h4-14,24H,15-16H2,1-3H3,(H,29,33). The number of ether oxygens (including phenoxy) is 3. The number of benzene rings is 3. The summed E-state index contributed by atoms with van der Waals surface area (Å²) in [7, 11) is 4.73. The first kappa shape index (κ1) is 26.6. The van der Waals surface area contributed by atoms with Gasteiger partial charge in [-0.25, -0.2) is 4.99 Å². The van der Waals surface area contributed by atoms with Crippen LogP contribution in [0, 0.1) is 0 Å². The zero-order valence-corrected chi connectivity index (χ0v) is 23.0. The van der Waals surface area contributed by atoms with E-state index >= 15 is 0 Å². The SMILES string of the molecule is COc1ccc(N=C2SC(C(=O)Nc3ccc(Br)cc3)CC(=O)N2Cc2ccc(OC)c(OC)c2)cc1. The molecule has 0 bridgehead atoms. The highest BCUT2D eigenvalue weighted by atomic mass is 79.9. The molecule has 1 atom stereocenters. The molecule has 1 aliphatic heterocycles. The molecule has 1 N–H and O–H groups in total. The predicted octanol–water partition coefficient (Wildman–Crippen LogP) is 5.64. The second kappa shape index (κ2) is 12.2. The van der Waals surface area contributed by atoms with Crippen molar-refractivity contribution in [1.29, 1.82) is 0 Å². The van der Waals surface area contributed by atoms with Gasteiger partial charge in [-0.15, -0.1) is 0 Å². The van der Waals surface area contributed by atoms with E-state index in [1.807, 2.05) is 24.3 Å².